The van der Waals surface area contributed by atoms with Crippen LogP contribution in [0.25, 0.3) is 0 Å². The van der Waals surface area contributed by atoms with Gasteiger partial charge in [-0.3, -0.25) is 5.43 Å². The van der Waals surface area contributed by atoms with Gasteiger partial charge >= 0.3 is 11.9 Å². The van der Waals surface area contributed by atoms with Crippen molar-refractivity contribution >= 4 is 17.7 Å². The maximum Gasteiger partial charge on any atom is 0.355 e. The Balaban J connectivity index is 1.76. The van der Waals surface area contributed by atoms with Crippen molar-refractivity contribution in [3.05, 3.63) is 23.4 Å². The maximum absolute atomic E-state index is 12.1. The van der Waals surface area contributed by atoms with Crippen LogP contribution >= 0.6 is 0 Å². The highest BCUT2D eigenvalue weighted by Crippen LogP contribution is 2.78. The zero-order valence-corrected chi connectivity index (χ0v) is 13.3. The van der Waals surface area contributed by atoms with E-state index in [-0.39, 0.29) is 16.7 Å². The fourth-order valence-corrected chi connectivity index (χ4v) is 4.86. The minimum Gasteiger partial charge on any atom is -0.464 e. The SMILES string of the molecule is COC(=O)C1=NNC(C(=O)OC)=C2CC34CC=CCC3(CC12)C4. The van der Waals surface area contributed by atoms with E-state index in [0.29, 0.717) is 11.4 Å². The summed E-state index contributed by atoms with van der Waals surface area (Å²) >= 11 is 0. The average Bonchev–Trinajstić information content (AvgIpc) is 3.25. The van der Waals surface area contributed by atoms with Crippen LogP contribution < -0.4 is 5.43 Å². The lowest BCUT2D eigenvalue weighted by Gasteiger charge is -2.40. The van der Waals surface area contributed by atoms with Crippen molar-refractivity contribution in [2.75, 3.05) is 14.2 Å². The van der Waals surface area contributed by atoms with E-state index in [1.807, 2.05) is 0 Å². The predicted octanol–water partition coefficient (Wildman–Crippen LogP) is 1.68. The van der Waals surface area contributed by atoms with Gasteiger partial charge < -0.3 is 9.47 Å². The lowest BCUT2D eigenvalue weighted by atomic mass is 9.65. The topological polar surface area (TPSA) is 77.0 Å². The van der Waals surface area contributed by atoms with Crippen LogP contribution in [0.4, 0.5) is 0 Å². The van der Waals surface area contributed by atoms with Gasteiger partial charge in [0.25, 0.3) is 0 Å². The Hall–Kier alpha value is -2.11. The van der Waals surface area contributed by atoms with Crippen LogP contribution in [0, 0.1) is 16.7 Å². The molecule has 0 amide bonds. The van der Waals surface area contributed by atoms with E-state index in [9.17, 15) is 9.59 Å². The summed E-state index contributed by atoms with van der Waals surface area (Å²) < 4.78 is 9.76. The Bertz CT molecular complexity index is 693. The van der Waals surface area contributed by atoms with E-state index in [1.54, 1.807) is 0 Å². The summed E-state index contributed by atoms with van der Waals surface area (Å²) in [7, 11) is 2.72. The number of carbonyl (C=O) groups is 2. The average molecular weight is 316 g/mol. The molecule has 0 radical (unpaired) electrons. The third-order valence-corrected chi connectivity index (χ3v) is 6.13. The van der Waals surface area contributed by atoms with Crippen molar-refractivity contribution in [1.29, 1.82) is 0 Å². The second-order valence-electron chi connectivity index (χ2n) is 7.04. The molecule has 6 nitrogen and oxygen atoms in total. The van der Waals surface area contributed by atoms with E-state index < -0.39 is 11.9 Å². The molecule has 2 saturated carbocycles. The second kappa shape index (κ2) is 4.69. The van der Waals surface area contributed by atoms with Gasteiger partial charge in [-0.05, 0) is 48.5 Å². The fourth-order valence-electron chi connectivity index (χ4n) is 4.86. The molecular weight excluding hydrogens is 296 g/mol. The van der Waals surface area contributed by atoms with Gasteiger partial charge in [0.15, 0.2) is 5.71 Å². The highest BCUT2D eigenvalue weighted by Gasteiger charge is 2.70. The number of hydrogen-bond acceptors (Lipinski definition) is 6. The first-order valence-electron chi connectivity index (χ1n) is 7.94. The number of rotatable bonds is 2. The quantitative estimate of drug-likeness (QED) is 0.619. The molecule has 0 saturated heterocycles. The number of methoxy groups -OCH3 is 2. The van der Waals surface area contributed by atoms with Crippen LogP contribution in [-0.4, -0.2) is 31.9 Å². The first-order chi connectivity index (χ1) is 11.1. The van der Waals surface area contributed by atoms with E-state index in [2.05, 4.69) is 22.7 Å². The molecule has 0 aromatic rings. The van der Waals surface area contributed by atoms with Gasteiger partial charge in [0.1, 0.15) is 5.70 Å². The Kier molecular flexibility index (Phi) is 2.95. The number of fused-ring (bicyclic) bond motifs is 1. The minimum atomic E-state index is -0.431. The largest absolute Gasteiger partial charge is 0.464 e. The van der Waals surface area contributed by atoms with Crippen LogP contribution in [0.5, 0.6) is 0 Å². The van der Waals surface area contributed by atoms with Crippen molar-refractivity contribution in [1.82, 2.24) is 5.43 Å². The molecule has 4 aliphatic rings. The molecule has 1 N–H and O–H groups in total. The van der Waals surface area contributed by atoms with Gasteiger partial charge in [-0.2, -0.15) is 5.10 Å². The van der Waals surface area contributed by atoms with E-state index in [0.717, 1.165) is 37.7 Å². The molecule has 0 aromatic heterocycles. The number of esters is 2. The van der Waals surface area contributed by atoms with Crippen molar-refractivity contribution in [2.24, 2.45) is 21.8 Å². The Morgan fingerprint density at radius 2 is 1.87 bits per heavy atom. The highest BCUT2D eigenvalue weighted by molar-refractivity contribution is 6.38. The Morgan fingerprint density at radius 3 is 2.57 bits per heavy atom. The zero-order valence-electron chi connectivity index (χ0n) is 13.3. The number of ether oxygens (including phenoxy) is 2. The third-order valence-electron chi connectivity index (χ3n) is 6.13. The van der Waals surface area contributed by atoms with Crippen LogP contribution in [0.3, 0.4) is 0 Å². The Labute approximate surface area is 134 Å². The number of nitrogens with zero attached hydrogens (tertiary/aromatic N) is 1. The van der Waals surface area contributed by atoms with Crippen molar-refractivity contribution < 1.29 is 19.1 Å². The van der Waals surface area contributed by atoms with Crippen LogP contribution in [0.15, 0.2) is 28.5 Å². The summed E-state index contributed by atoms with van der Waals surface area (Å²) in [4.78, 5) is 24.2. The summed E-state index contributed by atoms with van der Waals surface area (Å²) in [5, 5.41) is 4.14. The fraction of sp³-hybridized carbons (Fsp3) is 0.588. The summed E-state index contributed by atoms with van der Waals surface area (Å²) in [6.45, 7) is 0. The molecule has 2 fully saturated rings. The second-order valence-corrected chi connectivity index (χ2v) is 7.04. The van der Waals surface area contributed by atoms with Crippen LogP contribution in [0.2, 0.25) is 0 Å². The first kappa shape index (κ1) is 14.5. The van der Waals surface area contributed by atoms with Crippen molar-refractivity contribution in [3.8, 4) is 0 Å². The van der Waals surface area contributed by atoms with Gasteiger partial charge in [-0.15, -0.1) is 0 Å². The molecule has 0 bridgehead atoms. The maximum atomic E-state index is 12.1. The molecule has 122 valence electrons. The smallest absolute Gasteiger partial charge is 0.355 e. The summed E-state index contributed by atoms with van der Waals surface area (Å²) in [6.07, 6.45) is 9.40. The lowest BCUT2D eigenvalue weighted by Crippen LogP contribution is -2.42. The van der Waals surface area contributed by atoms with Crippen molar-refractivity contribution in [2.45, 2.75) is 32.1 Å². The van der Waals surface area contributed by atoms with Crippen LogP contribution in [0.1, 0.15) is 32.1 Å². The minimum absolute atomic E-state index is 0.153. The number of nitrogens with one attached hydrogen (secondary N) is 1. The number of carbonyl (C=O) groups excluding carboxylic acids is 2. The highest BCUT2D eigenvalue weighted by atomic mass is 16.5. The van der Waals surface area contributed by atoms with Gasteiger partial charge in [0.05, 0.1) is 14.2 Å². The van der Waals surface area contributed by atoms with Gasteiger partial charge in [-0.25, -0.2) is 9.59 Å². The molecule has 1 aliphatic heterocycles. The van der Waals surface area contributed by atoms with Crippen molar-refractivity contribution in [3.63, 3.8) is 0 Å². The normalized spacial score (nSPS) is 36.8. The molecule has 0 spiro atoms. The molecule has 3 unspecified atom stereocenters. The summed E-state index contributed by atoms with van der Waals surface area (Å²) in [5.41, 5.74) is 4.96. The van der Waals surface area contributed by atoms with E-state index in [1.165, 1.54) is 14.2 Å². The lowest BCUT2D eigenvalue weighted by molar-refractivity contribution is -0.137. The number of allylic oxidation sites excluding steroid dienone is 3. The molecule has 6 heteroatoms. The summed E-state index contributed by atoms with van der Waals surface area (Å²) in [6, 6.07) is 0. The number of hydrazone groups is 1. The molecule has 3 aliphatic carbocycles. The van der Waals surface area contributed by atoms with Gasteiger partial charge in [0, 0.05) is 5.92 Å². The molecule has 1 heterocycles. The summed E-state index contributed by atoms with van der Waals surface area (Å²) in [5.74, 6) is -1.01. The van der Waals surface area contributed by atoms with Crippen LogP contribution in [-0.2, 0) is 19.1 Å². The predicted molar refractivity (Wildman–Crippen MR) is 82.2 cm³/mol. The van der Waals surface area contributed by atoms with Gasteiger partial charge in [0.2, 0.25) is 0 Å². The standard InChI is InChI=1S/C17H20N2O4/c1-22-14(20)12-10-7-16-5-3-4-6-17(16,9-16)8-11(10)13(19-18-12)15(21)23-2/h3-4,10,19H,5-9H2,1-2H3. The third kappa shape index (κ3) is 1.84. The van der Waals surface area contributed by atoms with E-state index in [4.69, 9.17) is 9.47 Å². The molecule has 23 heavy (non-hydrogen) atoms. The monoisotopic (exact) mass is 316 g/mol. The molecular formula is C17H20N2O4. The van der Waals surface area contributed by atoms with Gasteiger partial charge in [-0.1, -0.05) is 12.2 Å². The Morgan fingerprint density at radius 1 is 1.17 bits per heavy atom. The van der Waals surface area contributed by atoms with E-state index >= 15 is 0 Å². The molecule has 3 atom stereocenters. The molecule has 0 aromatic carbocycles. The molecule has 4 rings (SSSR count). The zero-order chi connectivity index (χ0) is 16.2. The first-order valence-corrected chi connectivity index (χ1v) is 7.94. The number of hydrogen-bond donors (Lipinski definition) is 1.